The van der Waals surface area contributed by atoms with Crippen LogP contribution in [0.25, 0.3) is 0 Å². The summed E-state index contributed by atoms with van der Waals surface area (Å²) >= 11 is 16.0. The molecule has 5 rings (SSSR count). The van der Waals surface area contributed by atoms with Crippen LogP contribution in [0.4, 0.5) is 89.1 Å². The second-order valence-electron chi connectivity index (χ2n) is 11.7. The minimum atomic E-state index is -7.20. The summed E-state index contributed by atoms with van der Waals surface area (Å²) in [5.74, 6) is -66.7. The van der Waals surface area contributed by atoms with Gasteiger partial charge in [-0.25, -0.2) is 83.4 Å². The fraction of sp³-hybridized carbons (Fsp3) is 0.0625. The minimum Gasteiger partial charge on any atom is -0.307 e. The highest BCUT2D eigenvalue weighted by atomic mass is 35.8. The number of benzene rings is 5. The molecule has 0 heterocycles. The smallest absolute Gasteiger partial charge is 0.307 e. The summed E-state index contributed by atoms with van der Waals surface area (Å²) in [6.45, 7) is 0. The van der Waals surface area contributed by atoms with E-state index < -0.39 is 150 Å². The third-order valence-corrected chi connectivity index (χ3v) is 11.1. The van der Waals surface area contributed by atoms with Crippen LogP contribution in [0.1, 0.15) is 0 Å². The predicted molar refractivity (Wildman–Crippen MR) is 171 cm³/mol. The SMILES string of the molecule is C[NH+](C)c1ccccc1.Fc1c(F)c(F)c([B-](c2c(F)c(F)c(F)c(F)c2F)(c2c(F)c(F)c(F)c(F)c2F)c2c(F)c(F)c([Si](Cl)(Cl)Cl)c(F)c2F)c(F)c1F. The van der Waals surface area contributed by atoms with E-state index in [1.165, 1.54) is 10.6 Å². The van der Waals surface area contributed by atoms with Crippen molar-refractivity contribution in [2.24, 2.45) is 0 Å². The molecule has 0 radical (unpaired) electrons. The Labute approximate surface area is 320 Å². The summed E-state index contributed by atoms with van der Waals surface area (Å²) in [5, 5.41) is -2.33. The molecule has 0 bridgehead atoms. The van der Waals surface area contributed by atoms with Crippen molar-refractivity contribution < 1.29 is 88.3 Å². The van der Waals surface area contributed by atoms with Crippen molar-refractivity contribution in [3.05, 3.63) is 141 Å². The van der Waals surface area contributed by atoms with Crippen molar-refractivity contribution in [1.82, 2.24) is 0 Å². The summed E-state index contributed by atoms with van der Waals surface area (Å²) in [7, 11) is 4.24. The fourth-order valence-electron chi connectivity index (χ4n) is 5.92. The largest absolute Gasteiger partial charge is 0.379 e. The molecular weight excluding hydrogens is 905 g/mol. The lowest BCUT2D eigenvalue weighted by Crippen LogP contribution is -3.00. The number of nitrogens with one attached hydrogen (secondary N) is 1. The Morgan fingerprint density at radius 1 is 0.351 bits per heavy atom. The minimum absolute atomic E-state index is 1.33. The Balaban J connectivity index is 0.000000702. The van der Waals surface area contributed by atoms with Gasteiger partial charge < -0.3 is 4.90 Å². The molecule has 5 aromatic rings. The van der Waals surface area contributed by atoms with Gasteiger partial charge >= 0.3 is 6.00 Å². The quantitative estimate of drug-likeness (QED) is 0.0615. The normalized spacial score (nSPS) is 12.0. The van der Waals surface area contributed by atoms with Gasteiger partial charge in [-0.15, -0.1) is 55.1 Å². The maximum absolute atomic E-state index is 16.0. The van der Waals surface area contributed by atoms with Gasteiger partial charge in [0.05, 0.1) is 19.3 Å². The van der Waals surface area contributed by atoms with Gasteiger partial charge in [0, 0.05) is 0 Å². The Morgan fingerprint density at radius 2 is 0.561 bits per heavy atom. The Morgan fingerprint density at radius 3 is 0.754 bits per heavy atom. The van der Waals surface area contributed by atoms with Crippen LogP contribution in [0.3, 0.4) is 0 Å². The number of halogens is 22. The lowest BCUT2D eigenvalue weighted by molar-refractivity contribution is -0.786. The van der Waals surface area contributed by atoms with Gasteiger partial charge in [0.25, 0.3) is 0 Å². The second kappa shape index (κ2) is 16.3. The zero-order valence-electron chi connectivity index (χ0n) is 27.3. The lowest BCUT2D eigenvalue weighted by Gasteiger charge is -2.45. The molecule has 0 aliphatic rings. The second-order valence-corrected chi connectivity index (χ2v) is 20.1. The Kier molecular flexibility index (Phi) is 13.0. The number of hydrogen-bond donors (Lipinski definition) is 1. The Hall–Kier alpha value is -4.12. The molecule has 306 valence electrons. The van der Waals surface area contributed by atoms with E-state index >= 15 is 43.9 Å². The van der Waals surface area contributed by atoms with Gasteiger partial charge in [-0.1, -0.05) is 18.2 Å². The average Bonchev–Trinajstić information content (AvgIpc) is 3.15. The first kappa shape index (κ1) is 45.6. The molecule has 57 heavy (non-hydrogen) atoms. The molecule has 0 amide bonds. The van der Waals surface area contributed by atoms with Crippen LogP contribution >= 0.6 is 33.2 Å². The average molecular weight is 917 g/mol. The molecule has 0 aliphatic heterocycles. The van der Waals surface area contributed by atoms with Gasteiger partial charge in [-0.2, -0.15) is 0 Å². The van der Waals surface area contributed by atoms with E-state index in [9.17, 15) is 39.5 Å². The first-order valence-electron chi connectivity index (χ1n) is 14.7. The molecule has 0 saturated carbocycles. The van der Waals surface area contributed by atoms with Crippen LogP contribution in [0.5, 0.6) is 0 Å². The number of quaternary nitrogens is 1. The van der Waals surface area contributed by atoms with Crippen molar-refractivity contribution >= 4 is 78.1 Å². The van der Waals surface area contributed by atoms with Crippen LogP contribution in [-0.2, 0) is 0 Å². The van der Waals surface area contributed by atoms with Gasteiger partial charge in [0.2, 0.25) is 0 Å². The lowest BCUT2D eigenvalue weighted by atomic mass is 9.12. The maximum atomic E-state index is 16.0. The molecule has 0 saturated heterocycles. The van der Waals surface area contributed by atoms with Crippen molar-refractivity contribution in [2.75, 3.05) is 14.1 Å². The van der Waals surface area contributed by atoms with Crippen LogP contribution < -0.4 is 31.9 Å². The van der Waals surface area contributed by atoms with E-state index in [2.05, 4.69) is 38.4 Å². The van der Waals surface area contributed by atoms with Gasteiger partial charge in [-0.05, 0) is 12.1 Å². The molecule has 0 spiro atoms. The van der Waals surface area contributed by atoms with Crippen LogP contribution in [0, 0.1) is 111 Å². The van der Waals surface area contributed by atoms with Crippen molar-refractivity contribution in [3.63, 3.8) is 0 Å². The third kappa shape index (κ3) is 7.20. The predicted octanol–water partition coefficient (Wildman–Crippen LogP) is 7.03. The van der Waals surface area contributed by atoms with Gasteiger partial charge in [-0.3, -0.25) is 0 Å². The Bertz CT molecular complexity index is 2160. The molecule has 0 fully saturated rings. The topological polar surface area (TPSA) is 4.44 Å². The van der Waals surface area contributed by atoms with Crippen molar-refractivity contribution in [3.8, 4) is 0 Å². The van der Waals surface area contributed by atoms with E-state index in [0.29, 0.717) is 0 Å². The number of hydrogen-bond acceptors (Lipinski definition) is 0. The molecule has 1 nitrogen and oxygen atoms in total. The summed E-state index contributed by atoms with van der Waals surface area (Å²) in [5.41, 5.74) is -12.8. The highest BCUT2D eigenvalue weighted by Crippen LogP contribution is 2.31. The van der Waals surface area contributed by atoms with Crippen LogP contribution in [0.2, 0.25) is 0 Å². The standard InChI is InChI=1S/C24BCl3F19Si.C8H11N/c26-48(27,28)24-22(46)11(35)4(12(36)23(24)47)25(1-5(29)13(37)19(43)14(38)6(1)30,2-7(31)15(39)20(44)16(40)8(2)32)3-9(33)17(41)21(45)18(42)10(3)34;1-9(2)8-6-4-3-5-7-8/h;3-7H,1-2H3/q-1;/p+1. The van der Waals surface area contributed by atoms with Crippen LogP contribution in [-0.4, -0.2) is 26.2 Å². The number of rotatable bonds is 6. The van der Waals surface area contributed by atoms with E-state index in [4.69, 9.17) is 33.2 Å². The number of para-hydroxylation sites is 1. The van der Waals surface area contributed by atoms with Crippen molar-refractivity contribution in [2.45, 2.75) is 0 Å². The first-order chi connectivity index (χ1) is 26.2. The molecular formula is C32H12BCl3F19NSi. The van der Waals surface area contributed by atoms with E-state index in [1.807, 2.05) is 6.07 Å². The summed E-state index contributed by atoms with van der Waals surface area (Å²) in [6, 6.07) is 4.98. The molecule has 0 atom stereocenters. The highest BCUT2D eigenvalue weighted by molar-refractivity contribution is 7.69. The summed E-state index contributed by atoms with van der Waals surface area (Å²) in [4.78, 5) is 1.37. The van der Waals surface area contributed by atoms with Crippen molar-refractivity contribution in [1.29, 1.82) is 0 Å². The zero-order chi connectivity index (χ0) is 43.5. The van der Waals surface area contributed by atoms with Gasteiger partial charge in [0.15, 0.2) is 64.0 Å². The highest BCUT2D eigenvalue weighted by Gasteiger charge is 2.53. The third-order valence-electron chi connectivity index (χ3n) is 8.40. The fourth-order valence-corrected chi connectivity index (χ4v) is 8.13. The molecule has 0 unspecified atom stereocenters. The van der Waals surface area contributed by atoms with Gasteiger partial charge in [0.1, 0.15) is 58.4 Å². The van der Waals surface area contributed by atoms with E-state index in [1.54, 1.807) is 0 Å². The zero-order valence-corrected chi connectivity index (χ0v) is 30.5. The van der Waals surface area contributed by atoms with Crippen LogP contribution in [0.15, 0.2) is 30.3 Å². The maximum Gasteiger partial charge on any atom is 0.379 e. The van der Waals surface area contributed by atoms with E-state index in [0.717, 1.165) is 0 Å². The molecule has 5 aromatic carbocycles. The molecule has 0 aromatic heterocycles. The molecule has 25 heteroatoms. The first-order valence-corrected chi connectivity index (χ1v) is 19.8. The summed E-state index contributed by atoms with van der Waals surface area (Å²) < 4.78 is 286. The molecule has 0 aliphatic carbocycles. The molecule has 1 N–H and O–H groups in total. The van der Waals surface area contributed by atoms with E-state index in [-0.39, 0.29) is 0 Å². The summed E-state index contributed by atoms with van der Waals surface area (Å²) in [6.07, 6.45) is -7.20. The monoisotopic (exact) mass is 915 g/mol.